The molecule has 0 saturated heterocycles. The molecule has 114 valence electrons. The highest BCUT2D eigenvalue weighted by Gasteiger charge is 2.17. The maximum Gasteiger partial charge on any atom is 0.149 e. The fourth-order valence-corrected chi connectivity index (χ4v) is 2.16. The molecule has 4 heteroatoms. The van der Waals surface area contributed by atoms with Gasteiger partial charge in [0.25, 0.3) is 0 Å². The third-order valence-corrected chi connectivity index (χ3v) is 3.07. The molecule has 0 radical (unpaired) electrons. The summed E-state index contributed by atoms with van der Waals surface area (Å²) < 4.78 is 28.4. The Kier molecular flexibility index (Phi) is 6.40. The highest BCUT2D eigenvalue weighted by atomic mass is 19.1. The maximum atomic E-state index is 14.2. The van der Waals surface area contributed by atoms with Crippen molar-refractivity contribution in [2.24, 2.45) is 5.92 Å². The van der Waals surface area contributed by atoms with Crippen LogP contribution in [0.2, 0.25) is 0 Å². The molecular formula is C16H26F2N2. The lowest BCUT2D eigenvalue weighted by Gasteiger charge is -2.26. The number of benzene rings is 1. The zero-order valence-corrected chi connectivity index (χ0v) is 13.1. The van der Waals surface area contributed by atoms with Gasteiger partial charge >= 0.3 is 0 Å². The second-order valence-electron chi connectivity index (χ2n) is 5.88. The largest absolute Gasteiger partial charge is 0.367 e. The Bertz CT molecular complexity index is 407. The average Bonchev–Trinajstić information content (AvgIpc) is 2.33. The molecule has 0 unspecified atom stereocenters. The Morgan fingerprint density at radius 3 is 2.05 bits per heavy atom. The molecule has 0 aromatic heterocycles. The maximum absolute atomic E-state index is 14.2. The van der Waals surface area contributed by atoms with Crippen molar-refractivity contribution >= 4 is 5.69 Å². The summed E-state index contributed by atoms with van der Waals surface area (Å²) in [4.78, 5) is 1.76. The van der Waals surface area contributed by atoms with Crippen molar-refractivity contribution in [3.63, 3.8) is 0 Å². The van der Waals surface area contributed by atoms with Gasteiger partial charge in [-0.15, -0.1) is 0 Å². The van der Waals surface area contributed by atoms with E-state index in [2.05, 4.69) is 5.32 Å². The molecule has 1 N–H and O–H groups in total. The highest BCUT2D eigenvalue weighted by molar-refractivity contribution is 5.50. The van der Waals surface area contributed by atoms with Gasteiger partial charge < -0.3 is 10.2 Å². The first-order chi connectivity index (χ1) is 9.35. The van der Waals surface area contributed by atoms with E-state index in [1.54, 1.807) is 4.90 Å². The normalized spacial score (nSPS) is 11.4. The second kappa shape index (κ2) is 7.58. The zero-order valence-electron chi connectivity index (χ0n) is 13.1. The molecule has 0 amide bonds. The van der Waals surface area contributed by atoms with E-state index in [1.165, 1.54) is 12.1 Å². The Hall–Kier alpha value is -1.16. The summed E-state index contributed by atoms with van der Waals surface area (Å²) in [5.74, 6) is -0.600. The van der Waals surface area contributed by atoms with Crippen LogP contribution < -0.4 is 10.2 Å². The van der Waals surface area contributed by atoms with Crippen molar-refractivity contribution < 1.29 is 8.78 Å². The van der Waals surface area contributed by atoms with Crippen LogP contribution in [0.1, 0.15) is 40.2 Å². The monoisotopic (exact) mass is 284 g/mol. The van der Waals surface area contributed by atoms with Crippen molar-refractivity contribution in [1.82, 2.24) is 5.32 Å². The topological polar surface area (TPSA) is 15.3 Å². The standard InChI is InChI=1S/C16H26F2N2/c1-6-20(10-11(2)3)16-14(17)7-13(8-15(16)18)9-19-12(4)5/h7-8,11-12,19H,6,9-10H2,1-5H3. The third kappa shape index (κ3) is 4.75. The van der Waals surface area contributed by atoms with Crippen LogP contribution in [0.4, 0.5) is 14.5 Å². The Morgan fingerprint density at radius 2 is 1.65 bits per heavy atom. The van der Waals surface area contributed by atoms with Gasteiger partial charge in [0, 0.05) is 25.7 Å². The first kappa shape index (κ1) is 16.9. The van der Waals surface area contributed by atoms with Crippen molar-refractivity contribution in [2.75, 3.05) is 18.0 Å². The molecule has 1 aromatic rings. The van der Waals surface area contributed by atoms with Crippen LogP contribution >= 0.6 is 0 Å². The average molecular weight is 284 g/mol. The van der Waals surface area contributed by atoms with Crippen LogP contribution in [0.25, 0.3) is 0 Å². The summed E-state index contributed by atoms with van der Waals surface area (Å²) in [6, 6.07) is 3.14. The van der Waals surface area contributed by atoms with Gasteiger partial charge in [0.2, 0.25) is 0 Å². The summed E-state index contributed by atoms with van der Waals surface area (Å²) in [6.45, 7) is 11.7. The number of halogens is 2. The molecule has 0 aliphatic rings. The number of anilines is 1. The van der Waals surface area contributed by atoms with E-state index in [9.17, 15) is 8.78 Å². The first-order valence-corrected chi connectivity index (χ1v) is 7.31. The SMILES string of the molecule is CCN(CC(C)C)c1c(F)cc(CNC(C)C)cc1F. The van der Waals surface area contributed by atoms with Crippen molar-refractivity contribution in [3.05, 3.63) is 29.3 Å². The first-order valence-electron chi connectivity index (χ1n) is 7.31. The minimum absolute atomic E-state index is 0.0921. The fourth-order valence-electron chi connectivity index (χ4n) is 2.16. The van der Waals surface area contributed by atoms with Gasteiger partial charge in [-0.3, -0.25) is 0 Å². The second-order valence-corrected chi connectivity index (χ2v) is 5.88. The lowest BCUT2D eigenvalue weighted by atomic mass is 10.1. The summed E-state index contributed by atoms with van der Waals surface area (Å²) in [5.41, 5.74) is 0.729. The Morgan fingerprint density at radius 1 is 1.10 bits per heavy atom. The molecule has 0 heterocycles. The van der Waals surface area contributed by atoms with E-state index in [-0.39, 0.29) is 11.7 Å². The van der Waals surface area contributed by atoms with Gasteiger partial charge in [0.05, 0.1) is 0 Å². The van der Waals surface area contributed by atoms with E-state index in [1.807, 2.05) is 34.6 Å². The fraction of sp³-hybridized carbons (Fsp3) is 0.625. The van der Waals surface area contributed by atoms with Gasteiger partial charge in [0.1, 0.15) is 17.3 Å². The van der Waals surface area contributed by atoms with Crippen LogP contribution in [0.5, 0.6) is 0 Å². The predicted octanol–water partition coefficient (Wildman–Crippen LogP) is 3.95. The lowest BCUT2D eigenvalue weighted by molar-refractivity contribution is 0.541. The van der Waals surface area contributed by atoms with Gasteiger partial charge in [-0.1, -0.05) is 27.7 Å². The number of nitrogens with one attached hydrogen (secondary N) is 1. The summed E-state index contributed by atoms with van der Waals surface area (Å²) >= 11 is 0. The molecule has 1 aromatic carbocycles. The summed E-state index contributed by atoms with van der Waals surface area (Å²) in [6.07, 6.45) is 0. The minimum atomic E-state index is -0.479. The van der Waals surface area contributed by atoms with Crippen LogP contribution in [0, 0.1) is 17.6 Å². The van der Waals surface area contributed by atoms with E-state index in [0.717, 1.165) is 0 Å². The van der Waals surface area contributed by atoms with Crippen LogP contribution in [-0.4, -0.2) is 19.1 Å². The molecule has 20 heavy (non-hydrogen) atoms. The van der Waals surface area contributed by atoms with Crippen molar-refractivity contribution in [2.45, 2.75) is 47.2 Å². The van der Waals surface area contributed by atoms with Crippen molar-refractivity contribution in [3.8, 4) is 0 Å². The Balaban J connectivity index is 2.98. The van der Waals surface area contributed by atoms with Crippen LogP contribution in [0.3, 0.4) is 0 Å². The molecule has 0 fully saturated rings. The predicted molar refractivity (Wildman–Crippen MR) is 81.1 cm³/mol. The minimum Gasteiger partial charge on any atom is -0.367 e. The molecular weight excluding hydrogens is 258 g/mol. The molecule has 0 aliphatic carbocycles. The molecule has 2 nitrogen and oxygen atoms in total. The zero-order chi connectivity index (χ0) is 15.3. The quantitative estimate of drug-likeness (QED) is 0.815. The van der Waals surface area contributed by atoms with Crippen molar-refractivity contribution in [1.29, 1.82) is 0 Å². The van der Waals surface area contributed by atoms with Gasteiger partial charge in [-0.05, 0) is 30.5 Å². The summed E-state index contributed by atoms with van der Waals surface area (Å²) in [5, 5.41) is 3.16. The molecule has 1 rings (SSSR count). The molecule has 0 saturated carbocycles. The Labute approximate surface area is 121 Å². The van der Waals surface area contributed by atoms with E-state index in [4.69, 9.17) is 0 Å². The summed E-state index contributed by atoms with van der Waals surface area (Å²) in [7, 11) is 0. The van der Waals surface area contributed by atoms with Crippen LogP contribution in [-0.2, 0) is 6.54 Å². The van der Waals surface area contributed by atoms with Crippen LogP contribution in [0.15, 0.2) is 12.1 Å². The molecule has 0 bridgehead atoms. The number of hydrogen-bond acceptors (Lipinski definition) is 2. The molecule has 0 spiro atoms. The molecule has 0 aliphatic heterocycles. The lowest BCUT2D eigenvalue weighted by Crippen LogP contribution is -2.29. The smallest absolute Gasteiger partial charge is 0.149 e. The highest BCUT2D eigenvalue weighted by Crippen LogP contribution is 2.25. The third-order valence-electron chi connectivity index (χ3n) is 3.07. The number of nitrogens with zero attached hydrogens (tertiary/aromatic N) is 1. The van der Waals surface area contributed by atoms with Gasteiger partial charge in [0.15, 0.2) is 0 Å². The molecule has 0 atom stereocenters. The van der Waals surface area contributed by atoms with E-state index < -0.39 is 11.6 Å². The van der Waals surface area contributed by atoms with Gasteiger partial charge in [-0.25, -0.2) is 8.78 Å². The number of hydrogen-bond donors (Lipinski definition) is 1. The number of rotatable bonds is 7. The van der Waals surface area contributed by atoms with E-state index in [0.29, 0.717) is 31.1 Å². The van der Waals surface area contributed by atoms with Gasteiger partial charge in [-0.2, -0.15) is 0 Å². The van der Waals surface area contributed by atoms with E-state index >= 15 is 0 Å².